The molecule has 5 nitrogen and oxygen atoms in total. The number of nitrogens with one attached hydrogen (secondary N) is 1. The van der Waals surface area contributed by atoms with Crippen molar-refractivity contribution in [1.29, 1.82) is 0 Å². The summed E-state index contributed by atoms with van der Waals surface area (Å²) in [5, 5.41) is 14.6. The molecule has 5 heteroatoms. The summed E-state index contributed by atoms with van der Waals surface area (Å²) in [7, 11) is 1.52. The highest BCUT2D eigenvalue weighted by Gasteiger charge is 2.43. The molecule has 1 aliphatic heterocycles. The van der Waals surface area contributed by atoms with Crippen LogP contribution in [0.1, 0.15) is 49.5 Å². The molecule has 0 saturated heterocycles. The van der Waals surface area contributed by atoms with Crippen molar-refractivity contribution in [1.82, 2.24) is 5.32 Å². The number of carbonyl (C=O) groups is 2. The molecule has 1 heterocycles. The Labute approximate surface area is 164 Å². The van der Waals surface area contributed by atoms with Crippen molar-refractivity contribution in [2.45, 2.75) is 51.3 Å². The molecule has 2 N–H and O–H groups in total. The van der Waals surface area contributed by atoms with Crippen LogP contribution in [0.2, 0.25) is 0 Å². The number of hydrogen-bond donors (Lipinski definition) is 2. The van der Waals surface area contributed by atoms with E-state index < -0.39 is 5.60 Å². The van der Waals surface area contributed by atoms with Crippen LogP contribution in [-0.4, -0.2) is 41.5 Å². The summed E-state index contributed by atoms with van der Waals surface area (Å²) < 4.78 is 5.38. The van der Waals surface area contributed by atoms with Gasteiger partial charge in [0.05, 0.1) is 18.3 Å². The first kappa shape index (κ1) is 18.8. The van der Waals surface area contributed by atoms with Crippen LogP contribution in [0.25, 0.3) is 5.57 Å². The van der Waals surface area contributed by atoms with Crippen molar-refractivity contribution >= 4 is 17.1 Å². The second-order valence-corrected chi connectivity index (χ2v) is 8.14. The van der Waals surface area contributed by atoms with E-state index in [1.165, 1.54) is 7.11 Å². The Kier molecular flexibility index (Phi) is 4.40. The summed E-state index contributed by atoms with van der Waals surface area (Å²) in [5.74, 6) is 0.197. The van der Waals surface area contributed by atoms with Crippen molar-refractivity contribution in [2.75, 3.05) is 7.11 Å². The molecule has 0 amide bonds. The zero-order valence-corrected chi connectivity index (χ0v) is 16.6. The van der Waals surface area contributed by atoms with Gasteiger partial charge in [0.25, 0.3) is 0 Å². The average molecular weight is 379 g/mol. The van der Waals surface area contributed by atoms with E-state index >= 15 is 0 Å². The highest BCUT2D eigenvalue weighted by Crippen LogP contribution is 2.45. The number of aliphatic hydroxyl groups is 1. The molecule has 3 atom stereocenters. The van der Waals surface area contributed by atoms with Crippen LogP contribution in [0, 0.1) is 0 Å². The fraction of sp³-hybridized carbons (Fsp3) is 0.391. The van der Waals surface area contributed by atoms with Crippen LogP contribution in [0.3, 0.4) is 0 Å². The highest BCUT2D eigenvalue weighted by atomic mass is 16.5. The lowest BCUT2D eigenvalue weighted by molar-refractivity contribution is -0.112. The number of hydrogen-bond acceptors (Lipinski definition) is 5. The van der Waals surface area contributed by atoms with Crippen LogP contribution < -0.4 is 10.1 Å². The summed E-state index contributed by atoms with van der Waals surface area (Å²) >= 11 is 0. The molecule has 3 aliphatic rings. The summed E-state index contributed by atoms with van der Waals surface area (Å²) in [5.41, 5.74) is 2.33. The van der Waals surface area contributed by atoms with Crippen LogP contribution in [-0.2, 0) is 4.79 Å². The Bertz CT molecular complexity index is 980. The third-order valence-electron chi connectivity index (χ3n) is 5.89. The number of allylic oxidation sites excluding steroid dienone is 3. The predicted octanol–water partition coefficient (Wildman–Crippen LogP) is 2.99. The molecule has 4 rings (SSSR count). The number of ketones is 2. The van der Waals surface area contributed by atoms with Gasteiger partial charge in [-0.25, -0.2) is 0 Å². The standard InChI is InChI=1S/C23H25NO4/c1-12-10-14-8-9-16(22(26)19(14)13(2)24-12)21-15-6-5-7-18(28-4)20(15)17(25)11-23(21,3)27/h5-9,12-13,24,27H,10-11H2,1-4H3/b21-16-/t12-,13-,23+/m1/s1. The summed E-state index contributed by atoms with van der Waals surface area (Å²) in [6, 6.07) is 5.53. The minimum Gasteiger partial charge on any atom is -0.496 e. The molecule has 0 aromatic heterocycles. The fourth-order valence-electron chi connectivity index (χ4n) is 4.80. The zero-order valence-electron chi connectivity index (χ0n) is 16.6. The maximum atomic E-state index is 13.5. The Hall–Kier alpha value is -2.50. The Morgan fingerprint density at radius 1 is 1.21 bits per heavy atom. The number of fused-ring (bicyclic) bond motifs is 1. The van der Waals surface area contributed by atoms with Crippen LogP contribution in [0.5, 0.6) is 5.75 Å². The number of carbonyl (C=O) groups excluding carboxylic acids is 2. The van der Waals surface area contributed by atoms with Gasteiger partial charge in [0.15, 0.2) is 11.6 Å². The molecule has 0 spiro atoms. The molecule has 1 aromatic rings. The highest BCUT2D eigenvalue weighted by molar-refractivity contribution is 6.20. The SMILES string of the molecule is COc1cccc2c1C(=O)C[C@](C)(O)/C2=C1/C=CC2=C(C1=O)[C@@H](C)N[C@H](C)C2. The van der Waals surface area contributed by atoms with Gasteiger partial charge in [-0.15, -0.1) is 0 Å². The number of methoxy groups -OCH3 is 1. The molecule has 0 radical (unpaired) electrons. The lowest BCUT2D eigenvalue weighted by atomic mass is 9.71. The maximum absolute atomic E-state index is 13.5. The van der Waals surface area contributed by atoms with E-state index in [0.717, 1.165) is 17.6 Å². The fourth-order valence-corrected chi connectivity index (χ4v) is 4.80. The van der Waals surface area contributed by atoms with Gasteiger partial charge in [0.2, 0.25) is 0 Å². The lowest BCUT2D eigenvalue weighted by Gasteiger charge is -2.37. The second kappa shape index (κ2) is 6.54. The molecule has 0 unspecified atom stereocenters. The first-order valence-corrected chi connectivity index (χ1v) is 9.64. The normalized spacial score (nSPS) is 32.3. The molecule has 0 bridgehead atoms. The molecule has 146 valence electrons. The molecular formula is C23H25NO4. The topological polar surface area (TPSA) is 75.6 Å². The Balaban J connectivity index is 1.95. The molecule has 28 heavy (non-hydrogen) atoms. The maximum Gasteiger partial charge on any atom is 0.191 e. The van der Waals surface area contributed by atoms with E-state index in [4.69, 9.17) is 4.74 Å². The zero-order chi connectivity index (χ0) is 20.2. The van der Waals surface area contributed by atoms with Crippen LogP contribution >= 0.6 is 0 Å². The third kappa shape index (κ3) is 2.77. The van der Waals surface area contributed by atoms with Gasteiger partial charge in [-0.3, -0.25) is 9.59 Å². The van der Waals surface area contributed by atoms with Crippen molar-refractivity contribution in [3.8, 4) is 5.75 Å². The average Bonchev–Trinajstić information content (AvgIpc) is 2.61. The first-order chi connectivity index (χ1) is 13.2. The van der Waals surface area contributed by atoms with Crippen molar-refractivity contribution in [2.24, 2.45) is 0 Å². The van der Waals surface area contributed by atoms with Gasteiger partial charge in [-0.1, -0.05) is 24.3 Å². The molecule has 2 aliphatic carbocycles. The van der Waals surface area contributed by atoms with E-state index in [2.05, 4.69) is 12.2 Å². The van der Waals surface area contributed by atoms with Crippen molar-refractivity contribution in [3.05, 3.63) is 58.2 Å². The third-order valence-corrected chi connectivity index (χ3v) is 5.89. The van der Waals surface area contributed by atoms with Gasteiger partial charge in [0, 0.05) is 35.2 Å². The lowest BCUT2D eigenvalue weighted by Crippen LogP contribution is -2.44. The predicted molar refractivity (Wildman–Crippen MR) is 107 cm³/mol. The van der Waals surface area contributed by atoms with Gasteiger partial charge in [-0.05, 0) is 44.4 Å². The number of ether oxygens (including phenoxy) is 1. The van der Waals surface area contributed by atoms with E-state index in [1.54, 1.807) is 31.2 Å². The van der Waals surface area contributed by atoms with E-state index in [9.17, 15) is 14.7 Å². The van der Waals surface area contributed by atoms with E-state index in [1.807, 2.05) is 13.0 Å². The number of Topliss-reactive ketones (excluding diaryl/α,β-unsaturated/α-hetero) is 2. The van der Waals surface area contributed by atoms with E-state index in [0.29, 0.717) is 34.1 Å². The van der Waals surface area contributed by atoms with Crippen molar-refractivity contribution in [3.63, 3.8) is 0 Å². The Morgan fingerprint density at radius 3 is 2.68 bits per heavy atom. The van der Waals surface area contributed by atoms with Crippen LogP contribution in [0.15, 0.2) is 47.1 Å². The molecular weight excluding hydrogens is 354 g/mol. The molecule has 0 saturated carbocycles. The van der Waals surface area contributed by atoms with Gasteiger partial charge in [0.1, 0.15) is 5.75 Å². The quantitative estimate of drug-likeness (QED) is 0.734. The second-order valence-electron chi connectivity index (χ2n) is 8.14. The monoisotopic (exact) mass is 379 g/mol. The first-order valence-electron chi connectivity index (χ1n) is 9.64. The summed E-state index contributed by atoms with van der Waals surface area (Å²) in [6.07, 6.45) is 4.49. The minimum absolute atomic E-state index is 0.0632. The molecule has 0 fully saturated rings. The molecule has 1 aromatic carbocycles. The van der Waals surface area contributed by atoms with E-state index in [-0.39, 0.29) is 24.0 Å². The van der Waals surface area contributed by atoms with Gasteiger partial charge in [-0.2, -0.15) is 0 Å². The smallest absolute Gasteiger partial charge is 0.191 e. The number of rotatable bonds is 1. The number of benzene rings is 1. The Morgan fingerprint density at radius 2 is 1.96 bits per heavy atom. The largest absolute Gasteiger partial charge is 0.496 e. The van der Waals surface area contributed by atoms with Crippen molar-refractivity contribution < 1.29 is 19.4 Å². The van der Waals surface area contributed by atoms with Gasteiger partial charge >= 0.3 is 0 Å². The van der Waals surface area contributed by atoms with Crippen LogP contribution in [0.4, 0.5) is 0 Å². The van der Waals surface area contributed by atoms with Gasteiger partial charge < -0.3 is 15.2 Å². The minimum atomic E-state index is -1.43. The summed E-state index contributed by atoms with van der Waals surface area (Å²) in [4.78, 5) is 26.2. The summed E-state index contributed by atoms with van der Waals surface area (Å²) in [6.45, 7) is 5.70.